The van der Waals surface area contributed by atoms with Crippen LogP contribution in [0.15, 0.2) is 48.7 Å². The molecule has 3 rings (SSSR count). The van der Waals surface area contributed by atoms with E-state index in [1.54, 1.807) is 31.5 Å². The highest BCUT2D eigenvalue weighted by atomic mass is 16.5. The highest BCUT2D eigenvalue weighted by Gasteiger charge is 2.08. The average Bonchev–Trinajstić information content (AvgIpc) is 2.49. The number of para-hydroxylation sites is 2. The fraction of sp³-hybridized carbons (Fsp3) is 0.0667. The van der Waals surface area contributed by atoms with Crippen molar-refractivity contribution in [2.24, 2.45) is 0 Å². The van der Waals surface area contributed by atoms with Gasteiger partial charge in [-0.25, -0.2) is 9.97 Å². The molecule has 0 saturated carbocycles. The fourth-order valence-electron chi connectivity index (χ4n) is 1.87. The Morgan fingerprint density at radius 1 is 1.00 bits per heavy atom. The van der Waals surface area contributed by atoms with E-state index in [4.69, 9.17) is 15.2 Å². The molecule has 5 heteroatoms. The molecule has 0 aliphatic rings. The Hall–Kier alpha value is -2.82. The molecule has 3 aromatic rings. The Labute approximate surface area is 116 Å². The number of nitrogens with two attached hydrogens (primary N) is 1. The van der Waals surface area contributed by atoms with Crippen LogP contribution in [0.2, 0.25) is 0 Å². The van der Waals surface area contributed by atoms with Gasteiger partial charge in [0.2, 0.25) is 5.88 Å². The Kier molecular flexibility index (Phi) is 3.09. The Morgan fingerprint density at radius 3 is 2.60 bits per heavy atom. The lowest BCUT2D eigenvalue weighted by atomic mass is 10.3. The van der Waals surface area contributed by atoms with Crippen molar-refractivity contribution in [3.8, 4) is 17.4 Å². The van der Waals surface area contributed by atoms with Crippen molar-refractivity contribution in [1.29, 1.82) is 0 Å². The SMILES string of the molecule is COc1cc(N)ccc1Oc1cnc2ccccc2n1. The van der Waals surface area contributed by atoms with Gasteiger partial charge in [0.05, 0.1) is 24.3 Å². The fourth-order valence-corrected chi connectivity index (χ4v) is 1.87. The van der Waals surface area contributed by atoms with Crippen LogP contribution in [0.3, 0.4) is 0 Å². The Morgan fingerprint density at radius 2 is 1.80 bits per heavy atom. The van der Waals surface area contributed by atoms with E-state index in [-0.39, 0.29) is 0 Å². The summed E-state index contributed by atoms with van der Waals surface area (Å²) in [4.78, 5) is 8.69. The maximum atomic E-state index is 5.71. The maximum Gasteiger partial charge on any atom is 0.238 e. The number of anilines is 1. The molecule has 1 aromatic heterocycles. The molecule has 0 unspecified atom stereocenters. The van der Waals surface area contributed by atoms with Crippen molar-refractivity contribution in [2.75, 3.05) is 12.8 Å². The first kappa shape index (κ1) is 12.2. The number of hydrogen-bond donors (Lipinski definition) is 1. The topological polar surface area (TPSA) is 70.3 Å². The van der Waals surface area contributed by atoms with Crippen molar-refractivity contribution in [2.45, 2.75) is 0 Å². The minimum Gasteiger partial charge on any atom is -0.493 e. The van der Waals surface area contributed by atoms with Gasteiger partial charge in [-0.05, 0) is 24.3 Å². The summed E-state index contributed by atoms with van der Waals surface area (Å²) >= 11 is 0. The Bertz CT molecular complexity index is 759. The van der Waals surface area contributed by atoms with Crippen molar-refractivity contribution >= 4 is 16.7 Å². The van der Waals surface area contributed by atoms with Crippen LogP contribution in [0, 0.1) is 0 Å². The van der Waals surface area contributed by atoms with Gasteiger partial charge in [0.25, 0.3) is 0 Å². The van der Waals surface area contributed by atoms with Gasteiger partial charge in [-0.2, -0.15) is 0 Å². The largest absolute Gasteiger partial charge is 0.493 e. The molecule has 20 heavy (non-hydrogen) atoms. The maximum absolute atomic E-state index is 5.71. The molecule has 100 valence electrons. The summed E-state index contributed by atoms with van der Waals surface area (Å²) in [6.07, 6.45) is 1.58. The van der Waals surface area contributed by atoms with E-state index in [2.05, 4.69) is 9.97 Å². The van der Waals surface area contributed by atoms with Crippen molar-refractivity contribution in [3.63, 3.8) is 0 Å². The molecular formula is C15H13N3O2. The predicted molar refractivity (Wildman–Crippen MR) is 77.0 cm³/mol. The van der Waals surface area contributed by atoms with E-state index in [9.17, 15) is 0 Å². The third-order valence-corrected chi connectivity index (χ3v) is 2.83. The van der Waals surface area contributed by atoms with E-state index in [0.717, 1.165) is 11.0 Å². The van der Waals surface area contributed by atoms with E-state index < -0.39 is 0 Å². The number of aromatic nitrogens is 2. The minimum atomic E-state index is 0.409. The van der Waals surface area contributed by atoms with Crippen LogP contribution < -0.4 is 15.2 Å². The number of hydrogen-bond acceptors (Lipinski definition) is 5. The summed E-state index contributed by atoms with van der Waals surface area (Å²) in [7, 11) is 1.56. The standard InChI is InChI=1S/C15H13N3O2/c1-19-14-8-10(16)6-7-13(14)20-15-9-17-11-4-2-3-5-12(11)18-15/h2-9H,16H2,1H3. The van der Waals surface area contributed by atoms with Crippen LogP contribution in [0.25, 0.3) is 11.0 Å². The number of nitrogen functional groups attached to an aromatic ring is 1. The summed E-state index contributed by atoms with van der Waals surface area (Å²) in [6.45, 7) is 0. The third kappa shape index (κ3) is 2.33. The molecule has 0 saturated heterocycles. The van der Waals surface area contributed by atoms with E-state index in [0.29, 0.717) is 23.1 Å². The normalized spacial score (nSPS) is 10.4. The van der Waals surface area contributed by atoms with Crippen LogP contribution in [0.4, 0.5) is 5.69 Å². The zero-order valence-corrected chi connectivity index (χ0v) is 10.9. The number of fused-ring (bicyclic) bond motifs is 1. The molecule has 0 atom stereocenters. The lowest BCUT2D eigenvalue weighted by Crippen LogP contribution is -1.95. The van der Waals surface area contributed by atoms with Gasteiger partial charge in [0, 0.05) is 11.8 Å². The van der Waals surface area contributed by atoms with Crippen LogP contribution >= 0.6 is 0 Å². The smallest absolute Gasteiger partial charge is 0.238 e. The van der Waals surface area contributed by atoms with E-state index >= 15 is 0 Å². The number of nitrogens with zero attached hydrogens (tertiary/aromatic N) is 2. The monoisotopic (exact) mass is 267 g/mol. The van der Waals surface area contributed by atoms with Gasteiger partial charge in [-0.3, -0.25) is 0 Å². The molecule has 2 aromatic carbocycles. The molecule has 2 N–H and O–H groups in total. The zero-order chi connectivity index (χ0) is 13.9. The second-order valence-corrected chi connectivity index (χ2v) is 4.21. The molecule has 1 heterocycles. The van der Waals surface area contributed by atoms with Crippen molar-refractivity contribution in [3.05, 3.63) is 48.7 Å². The van der Waals surface area contributed by atoms with E-state index in [1.165, 1.54) is 0 Å². The molecule has 5 nitrogen and oxygen atoms in total. The lowest BCUT2D eigenvalue weighted by molar-refractivity contribution is 0.374. The predicted octanol–water partition coefficient (Wildman–Crippen LogP) is 3.01. The van der Waals surface area contributed by atoms with Gasteiger partial charge in [0.15, 0.2) is 11.5 Å². The van der Waals surface area contributed by atoms with Crippen molar-refractivity contribution < 1.29 is 9.47 Å². The number of benzene rings is 2. The van der Waals surface area contributed by atoms with Crippen LogP contribution in [-0.2, 0) is 0 Å². The van der Waals surface area contributed by atoms with Crippen molar-refractivity contribution in [1.82, 2.24) is 9.97 Å². The molecule has 0 amide bonds. The van der Waals surface area contributed by atoms with Crippen LogP contribution in [-0.4, -0.2) is 17.1 Å². The second-order valence-electron chi connectivity index (χ2n) is 4.21. The number of rotatable bonds is 3. The van der Waals surface area contributed by atoms with Crippen LogP contribution in [0.5, 0.6) is 17.4 Å². The molecule has 0 aliphatic carbocycles. The van der Waals surface area contributed by atoms with E-state index in [1.807, 2.05) is 24.3 Å². The molecule has 0 spiro atoms. The van der Waals surface area contributed by atoms with Gasteiger partial charge in [-0.1, -0.05) is 12.1 Å². The molecule has 0 radical (unpaired) electrons. The average molecular weight is 267 g/mol. The Balaban J connectivity index is 1.96. The summed E-state index contributed by atoms with van der Waals surface area (Å²) in [6, 6.07) is 12.8. The first-order valence-electron chi connectivity index (χ1n) is 6.09. The molecule has 0 aliphatic heterocycles. The number of ether oxygens (including phenoxy) is 2. The third-order valence-electron chi connectivity index (χ3n) is 2.83. The summed E-state index contributed by atoms with van der Waals surface area (Å²) in [5, 5.41) is 0. The minimum absolute atomic E-state index is 0.409. The number of methoxy groups -OCH3 is 1. The molecular weight excluding hydrogens is 254 g/mol. The lowest BCUT2D eigenvalue weighted by Gasteiger charge is -2.10. The summed E-state index contributed by atoms with van der Waals surface area (Å²) < 4.78 is 10.9. The van der Waals surface area contributed by atoms with Gasteiger partial charge in [-0.15, -0.1) is 0 Å². The molecule has 0 bridgehead atoms. The van der Waals surface area contributed by atoms with Gasteiger partial charge < -0.3 is 15.2 Å². The summed E-state index contributed by atoms with van der Waals surface area (Å²) in [5.74, 6) is 1.51. The highest BCUT2D eigenvalue weighted by molar-refractivity contribution is 5.74. The summed E-state index contributed by atoms with van der Waals surface area (Å²) in [5.41, 5.74) is 7.92. The second kappa shape index (κ2) is 5.05. The van der Waals surface area contributed by atoms with Crippen LogP contribution in [0.1, 0.15) is 0 Å². The first-order chi connectivity index (χ1) is 9.76. The van der Waals surface area contributed by atoms with Gasteiger partial charge in [0.1, 0.15) is 0 Å². The highest BCUT2D eigenvalue weighted by Crippen LogP contribution is 2.32. The zero-order valence-electron chi connectivity index (χ0n) is 10.9. The van der Waals surface area contributed by atoms with Gasteiger partial charge >= 0.3 is 0 Å². The molecule has 0 fully saturated rings. The first-order valence-corrected chi connectivity index (χ1v) is 6.09. The quantitative estimate of drug-likeness (QED) is 0.739.